The number of aliphatic carboxylic acids is 1. The Balaban J connectivity index is 1.87. The number of rotatable bonds is 5. The number of nitrogens with one attached hydrogen (secondary N) is 2. The lowest BCUT2D eigenvalue weighted by atomic mass is 9.90. The van der Waals surface area contributed by atoms with E-state index in [1.54, 1.807) is 14.0 Å². The molecule has 2 aromatic rings. The van der Waals surface area contributed by atoms with Crippen LogP contribution < -0.4 is 20.9 Å². The van der Waals surface area contributed by atoms with Gasteiger partial charge in [-0.3, -0.25) is 14.4 Å². The predicted molar refractivity (Wildman–Crippen MR) is 131 cm³/mol. The fraction of sp³-hybridized carbons (Fsp3) is 0.500. The third-order valence-corrected chi connectivity index (χ3v) is 7.06. The summed E-state index contributed by atoms with van der Waals surface area (Å²) in [5.41, 5.74) is 3.63. The third kappa shape index (κ3) is 4.54. The molecule has 182 valence electrons. The second kappa shape index (κ2) is 9.91. The highest BCUT2D eigenvalue weighted by Gasteiger charge is 2.28. The van der Waals surface area contributed by atoms with Crippen LogP contribution in [0.1, 0.15) is 65.7 Å². The molecule has 0 saturated heterocycles. The average Bonchev–Trinajstić information content (AvgIpc) is 3.07. The monoisotopic (exact) mass is 467 g/mol. The lowest BCUT2D eigenvalue weighted by Crippen LogP contribution is -2.40. The normalized spacial score (nSPS) is 16.1. The summed E-state index contributed by atoms with van der Waals surface area (Å²) >= 11 is 0. The smallest absolute Gasteiger partial charge is 0.309 e. The molecule has 4 rings (SSSR count). The van der Waals surface area contributed by atoms with Crippen molar-refractivity contribution >= 4 is 17.6 Å². The van der Waals surface area contributed by atoms with Crippen LogP contribution in [-0.4, -0.2) is 40.7 Å². The standard InChI is InChI=1S/C26H33N3O5/c1-15-18(10-11-20-24(15)27-12-13-34-20)22-16(2)23(26(33)29(3)19(22)14-21(30)31)25(32)28-17-8-6-4-5-7-9-17/h10-11,17,27H,4-9,12-14H2,1-3H3,(H,28,32)(H,30,31). The summed E-state index contributed by atoms with van der Waals surface area (Å²) in [5, 5.41) is 16.0. The van der Waals surface area contributed by atoms with Crippen LogP contribution in [0.3, 0.4) is 0 Å². The first kappa shape index (κ1) is 23.9. The summed E-state index contributed by atoms with van der Waals surface area (Å²) < 4.78 is 7.06. The molecule has 2 aliphatic rings. The topological polar surface area (TPSA) is 110 Å². The number of hydrogen-bond donors (Lipinski definition) is 3. The zero-order valence-corrected chi connectivity index (χ0v) is 20.1. The van der Waals surface area contributed by atoms with E-state index in [1.165, 1.54) is 4.57 Å². The summed E-state index contributed by atoms with van der Waals surface area (Å²) in [5.74, 6) is -0.685. The van der Waals surface area contributed by atoms with Gasteiger partial charge in [-0.1, -0.05) is 31.7 Å². The molecular formula is C26H33N3O5. The molecule has 0 bridgehead atoms. The van der Waals surface area contributed by atoms with Gasteiger partial charge in [-0.2, -0.15) is 0 Å². The number of carbonyl (C=O) groups excluding carboxylic acids is 1. The van der Waals surface area contributed by atoms with Crippen LogP contribution in [0.15, 0.2) is 16.9 Å². The van der Waals surface area contributed by atoms with Gasteiger partial charge in [0.25, 0.3) is 11.5 Å². The van der Waals surface area contributed by atoms with E-state index in [1.807, 2.05) is 19.1 Å². The molecule has 0 spiro atoms. The molecule has 8 nitrogen and oxygen atoms in total. The van der Waals surface area contributed by atoms with Crippen LogP contribution in [0, 0.1) is 13.8 Å². The van der Waals surface area contributed by atoms with Gasteiger partial charge >= 0.3 is 5.97 Å². The van der Waals surface area contributed by atoms with Gasteiger partial charge in [-0.25, -0.2) is 0 Å². The number of carboxylic acid groups (broad SMARTS) is 1. The zero-order valence-electron chi connectivity index (χ0n) is 20.1. The van der Waals surface area contributed by atoms with Crippen molar-refractivity contribution in [2.24, 2.45) is 7.05 Å². The van der Waals surface area contributed by atoms with Crippen molar-refractivity contribution in [3.05, 3.63) is 44.9 Å². The second-order valence-electron chi connectivity index (χ2n) is 9.30. The van der Waals surface area contributed by atoms with E-state index in [0.717, 1.165) is 61.1 Å². The number of nitrogens with zero attached hydrogens (tertiary/aromatic N) is 1. The largest absolute Gasteiger partial charge is 0.490 e. The number of carboxylic acids is 1. The van der Waals surface area contributed by atoms with Gasteiger partial charge in [0, 0.05) is 30.9 Å². The Morgan fingerprint density at radius 2 is 1.85 bits per heavy atom. The molecule has 34 heavy (non-hydrogen) atoms. The van der Waals surface area contributed by atoms with Gasteiger partial charge in [0.15, 0.2) is 0 Å². The molecule has 2 heterocycles. The molecule has 8 heteroatoms. The van der Waals surface area contributed by atoms with E-state index < -0.39 is 11.5 Å². The van der Waals surface area contributed by atoms with Gasteiger partial charge < -0.3 is 25.0 Å². The Morgan fingerprint density at radius 1 is 1.15 bits per heavy atom. The number of fused-ring (bicyclic) bond motifs is 1. The first-order chi connectivity index (χ1) is 16.3. The Kier molecular flexibility index (Phi) is 6.95. The summed E-state index contributed by atoms with van der Waals surface area (Å²) in [7, 11) is 1.54. The fourth-order valence-electron chi connectivity index (χ4n) is 5.25. The highest BCUT2D eigenvalue weighted by atomic mass is 16.5. The molecule has 0 unspecified atom stereocenters. The van der Waals surface area contributed by atoms with Crippen LogP contribution in [0.25, 0.3) is 11.1 Å². The Bertz CT molecular complexity index is 1180. The van der Waals surface area contributed by atoms with E-state index >= 15 is 0 Å². The number of aromatic nitrogens is 1. The van der Waals surface area contributed by atoms with E-state index in [9.17, 15) is 19.5 Å². The lowest BCUT2D eigenvalue weighted by molar-refractivity contribution is -0.136. The minimum Gasteiger partial charge on any atom is -0.490 e. The minimum absolute atomic E-state index is 0.0491. The van der Waals surface area contributed by atoms with Crippen LogP contribution in [0.5, 0.6) is 5.75 Å². The van der Waals surface area contributed by atoms with E-state index in [0.29, 0.717) is 30.0 Å². The van der Waals surface area contributed by atoms with Gasteiger partial charge in [0.2, 0.25) is 0 Å². The van der Waals surface area contributed by atoms with Crippen molar-refractivity contribution in [3.63, 3.8) is 0 Å². The summed E-state index contributed by atoms with van der Waals surface area (Å²) in [6.45, 7) is 4.92. The maximum absolute atomic E-state index is 13.4. The molecule has 1 aromatic carbocycles. The molecule has 1 aliphatic carbocycles. The van der Waals surface area contributed by atoms with E-state index in [-0.39, 0.29) is 23.9 Å². The quantitative estimate of drug-likeness (QED) is 0.580. The SMILES string of the molecule is Cc1c(-c2c(C)c(C(=O)NC3CCCCCC3)c(=O)n(C)c2CC(=O)O)ccc2c1NCCO2. The maximum Gasteiger partial charge on any atom is 0.309 e. The number of ether oxygens (including phenoxy) is 1. The number of anilines is 1. The molecule has 0 radical (unpaired) electrons. The van der Waals surface area contributed by atoms with Gasteiger partial charge in [0.1, 0.15) is 17.9 Å². The number of pyridine rings is 1. The Hall–Kier alpha value is -3.29. The predicted octanol–water partition coefficient (Wildman–Crippen LogP) is 3.55. The van der Waals surface area contributed by atoms with Crippen LogP contribution in [0.2, 0.25) is 0 Å². The van der Waals surface area contributed by atoms with Crippen LogP contribution >= 0.6 is 0 Å². The minimum atomic E-state index is -1.04. The molecule has 0 atom stereocenters. The van der Waals surface area contributed by atoms with Gasteiger partial charge in [-0.15, -0.1) is 0 Å². The first-order valence-electron chi connectivity index (χ1n) is 12.0. The second-order valence-corrected chi connectivity index (χ2v) is 9.30. The van der Waals surface area contributed by atoms with Crippen molar-refractivity contribution in [3.8, 4) is 16.9 Å². The highest BCUT2D eigenvalue weighted by Crippen LogP contribution is 2.40. The maximum atomic E-state index is 13.4. The molecule has 1 fully saturated rings. The number of hydrogen-bond acceptors (Lipinski definition) is 5. The highest BCUT2D eigenvalue weighted by molar-refractivity contribution is 5.98. The first-order valence-corrected chi connectivity index (χ1v) is 12.0. The van der Waals surface area contributed by atoms with Gasteiger partial charge in [-0.05, 0) is 49.4 Å². The molecule has 1 aliphatic heterocycles. The summed E-state index contributed by atoms with van der Waals surface area (Å²) in [4.78, 5) is 38.4. The van der Waals surface area contributed by atoms with Crippen LogP contribution in [0.4, 0.5) is 5.69 Å². The fourth-order valence-corrected chi connectivity index (χ4v) is 5.25. The van der Waals surface area contributed by atoms with Gasteiger partial charge in [0.05, 0.1) is 12.1 Å². The molecule has 1 amide bonds. The summed E-state index contributed by atoms with van der Waals surface area (Å²) in [6.07, 6.45) is 5.94. The number of benzene rings is 1. The molecule has 1 aromatic heterocycles. The van der Waals surface area contributed by atoms with Crippen molar-refractivity contribution < 1.29 is 19.4 Å². The van der Waals surface area contributed by atoms with Crippen molar-refractivity contribution in [2.45, 2.75) is 64.8 Å². The third-order valence-electron chi connectivity index (χ3n) is 7.06. The Labute approximate surface area is 199 Å². The van der Waals surface area contributed by atoms with Crippen molar-refractivity contribution in [1.82, 2.24) is 9.88 Å². The molecule has 1 saturated carbocycles. The lowest BCUT2D eigenvalue weighted by Gasteiger charge is -2.25. The van der Waals surface area contributed by atoms with Crippen LogP contribution in [-0.2, 0) is 18.3 Å². The average molecular weight is 468 g/mol. The Morgan fingerprint density at radius 3 is 2.53 bits per heavy atom. The van der Waals surface area contributed by atoms with Crippen molar-refractivity contribution in [1.29, 1.82) is 0 Å². The summed E-state index contributed by atoms with van der Waals surface area (Å²) in [6, 6.07) is 3.78. The van der Waals surface area contributed by atoms with Crippen molar-refractivity contribution in [2.75, 3.05) is 18.5 Å². The number of amides is 1. The molecular weight excluding hydrogens is 434 g/mol. The van der Waals surface area contributed by atoms with E-state index in [4.69, 9.17) is 4.74 Å². The molecule has 3 N–H and O–H groups in total. The number of carbonyl (C=O) groups is 2. The zero-order chi connectivity index (χ0) is 24.4. The van der Waals surface area contributed by atoms with E-state index in [2.05, 4.69) is 10.6 Å².